The third kappa shape index (κ3) is 3.50. The van der Waals surface area contributed by atoms with Crippen molar-refractivity contribution in [2.45, 2.75) is 31.4 Å². The van der Waals surface area contributed by atoms with Gasteiger partial charge < -0.3 is 10.1 Å². The highest BCUT2D eigenvalue weighted by Gasteiger charge is 2.11. The van der Waals surface area contributed by atoms with Crippen molar-refractivity contribution >= 4 is 28.6 Å². The maximum atomic E-state index is 10.6. The maximum Gasteiger partial charge on any atom is 0.355 e. The van der Waals surface area contributed by atoms with Crippen LogP contribution in [0.1, 0.15) is 36.7 Å². The van der Waals surface area contributed by atoms with Gasteiger partial charge in [0.15, 0.2) is 5.69 Å². The number of aromatic nitrogens is 2. The quantitative estimate of drug-likeness (QED) is 0.881. The number of rotatable bonds is 2. The van der Waals surface area contributed by atoms with E-state index in [0.29, 0.717) is 5.39 Å². The molecule has 1 saturated heterocycles. The number of thioether (sulfide) groups is 1. The monoisotopic (exact) mass is 278 g/mol. The number of nitrogens with one attached hydrogen (secondary N) is 1. The molecule has 3 heterocycles. The summed E-state index contributed by atoms with van der Waals surface area (Å²) in [6, 6.07) is 3.44. The van der Waals surface area contributed by atoms with Gasteiger partial charge in [-0.2, -0.15) is 11.8 Å². The summed E-state index contributed by atoms with van der Waals surface area (Å²) in [5.74, 6) is 0.415. The van der Waals surface area contributed by atoms with Crippen molar-refractivity contribution in [1.29, 1.82) is 0 Å². The Balaban J connectivity index is 0.000000163. The minimum Gasteiger partial charge on any atom is -0.476 e. The fourth-order valence-electron chi connectivity index (χ4n) is 2.12. The summed E-state index contributed by atoms with van der Waals surface area (Å²) in [4.78, 5) is 17.3. The van der Waals surface area contributed by atoms with Crippen LogP contribution in [0.2, 0.25) is 0 Å². The summed E-state index contributed by atoms with van der Waals surface area (Å²) in [6.45, 7) is 2.28. The van der Waals surface area contributed by atoms with Crippen molar-refractivity contribution in [2.24, 2.45) is 0 Å². The molecule has 0 amide bonds. The van der Waals surface area contributed by atoms with Crippen molar-refractivity contribution in [3.05, 3.63) is 30.2 Å². The first kappa shape index (κ1) is 13.9. The molecule has 0 bridgehead atoms. The molecule has 0 aromatic carbocycles. The van der Waals surface area contributed by atoms with Gasteiger partial charge in [0, 0.05) is 28.5 Å². The Kier molecular flexibility index (Phi) is 4.85. The van der Waals surface area contributed by atoms with E-state index in [1.54, 1.807) is 18.3 Å². The van der Waals surface area contributed by atoms with Gasteiger partial charge in [0.05, 0.1) is 0 Å². The Morgan fingerprint density at radius 3 is 3.00 bits per heavy atom. The van der Waals surface area contributed by atoms with E-state index in [1.807, 2.05) is 0 Å². The molecule has 2 N–H and O–H groups in total. The lowest BCUT2D eigenvalue weighted by Gasteiger charge is -1.99. The van der Waals surface area contributed by atoms with Gasteiger partial charge in [0.1, 0.15) is 0 Å². The molecule has 1 atom stereocenters. The van der Waals surface area contributed by atoms with E-state index in [2.05, 4.69) is 28.7 Å². The molecule has 0 spiro atoms. The molecule has 1 aliphatic heterocycles. The zero-order valence-corrected chi connectivity index (χ0v) is 11.7. The normalized spacial score (nSPS) is 18.1. The topological polar surface area (TPSA) is 66.0 Å². The first-order chi connectivity index (χ1) is 9.22. The van der Waals surface area contributed by atoms with Crippen LogP contribution < -0.4 is 0 Å². The van der Waals surface area contributed by atoms with Crippen molar-refractivity contribution in [3.63, 3.8) is 0 Å². The lowest BCUT2D eigenvalue weighted by molar-refractivity contribution is 0.0693. The summed E-state index contributed by atoms with van der Waals surface area (Å²) in [5, 5.41) is 10.4. The number of carboxylic acids is 1. The summed E-state index contributed by atoms with van der Waals surface area (Å²) in [7, 11) is 0. The third-order valence-corrected chi connectivity index (χ3v) is 4.73. The first-order valence-electron chi connectivity index (χ1n) is 6.49. The summed E-state index contributed by atoms with van der Waals surface area (Å²) in [5.41, 5.74) is 0.885. The number of carbonyl (C=O) groups is 1. The van der Waals surface area contributed by atoms with E-state index < -0.39 is 5.97 Å². The smallest absolute Gasteiger partial charge is 0.355 e. The Morgan fingerprint density at radius 1 is 1.58 bits per heavy atom. The summed E-state index contributed by atoms with van der Waals surface area (Å²) >= 11 is 2.14. The second-order valence-corrected chi connectivity index (χ2v) is 5.86. The highest BCUT2D eigenvalue weighted by Crippen LogP contribution is 2.27. The van der Waals surface area contributed by atoms with Crippen LogP contribution in [0.15, 0.2) is 24.5 Å². The number of aromatic carboxylic acids is 1. The van der Waals surface area contributed by atoms with E-state index in [9.17, 15) is 4.79 Å². The highest BCUT2D eigenvalue weighted by molar-refractivity contribution is 8.00. The van der Waals surface area contributed by atoms with Crippen LogP contribution in [0, 0.1) is 0 Å². The SMILES string of the molecule is CCC1CCCS1.O=C(O)c1nccc2[nH]ccc12. The van der Waals surface area contributed by atoms with Crippen LogP contribution in [-0.4, -0.2) is 32.0 Å². The van der Waals surface area contributed by atoms with Gasteiger partial charge in [-0.15, -0.1) is 0 Å². The van der Waals surface area contributed by atoms with Gasteiger partial charge in [-0.25, -0.2) is 9.78 Å². The fraction of sp³-hybridized carbons (Fsp3) is 0.429. The molecule has 0 radical (unpaired) electrons. The van der Waals surface area contributed by atoms with Crippen LogP contribution in [0.4, 0.5) is 0 Å². The standard InChI is InChI=1S/C8H6N2O2.C6H12S/c11-8(12)7-5-1-3-9-6(5)2-4-10-7;1-2-6-4-3-5-7-6/h1-4,9H,(H,11,12);6H,2-5H2,1H3. The zero-order chi connectivity index (χ0) is 13.7. The number of hydrogen-bond donors (Lipinski definition) is 2. The highest BCUT2D eigenvalue weighted by atomic mass is 32.2. The van der Waals surface area contributed by atoms with E-state index in [0.717, 1.165) is 10.8 Å². The number of H-pyrrole nitrogens is 1. The molecule has 3 rings (SSSR count). The van der Waals surface area contributed by atoms with Crippen LogP contribution in [0.25, 0.3) is 10.9 Å². The molecule has 0 saturated carbocycles. The Bertz CT molecular complexity index is 547. The van der Waals surface area contributed by atoms with Gasteiger partial charge in [-0.05, 0) is 37.1 Å². The maximum absolute atomic E-state index is 10.6. The van der Waals surface area contributed by atoms with Crippen LogP contribution in [0.5, 0.6) is 0 Å². The second kappa shape index (κ2) is 6.61. The van der Waals surface area contributed by atoms with Crippen LogP contribution in [-0.2, 0) is 0 Å². The predicted octanol–water partition coefficient (Wildman–Crippen LogP) is 3.55. The molecule has 4 nitrogen and oxygen atoms in total. The summed E-state index contributed by atoms with van der Waals surface area (Å²) < 4.78 is 0. The minimum atomic E-state index is -1.000. The molecule has 102 valence electrons. The van der Waals surface area contributed by atoms with E-state index >= 15 is 0 Å². The number of fused-ring (bicyclic) bond motifs is 1. The Morgan fingerprint density at radius 2 is 2.42 bits per heavy atom. The van der Waals surface area contributed by atoms with Crippen molar-refractivity contribution in [1.82, 2.24) is 9.97 Å². The average Bonchev–Trinajstić information content (AvgIpc) is 3.09. The van der Waals surface area contributed by atoms with Crippen LogP contribution in [0.3, 0.4) is 0 Å². The molecular weight excluding hydrogens is 260 g/mol. The third-order valence-electron chi connectivity index (χ3n) is 3.16. The number of hydrogen-bond acceptors (Lipinski definition) is 3. The fourth-order valence-corrected chi connectivity index (χ4v) is 3.36. The van der Waals surface area contributed by atoms with Crippen molar-refractivity contribution < 1.29 is 9.90 Å². The summed E-state index contributed by atoms with van der Waals surface area (Å²) in [6.07, 6.45) is 7.48. The van der Waals surface area contributed by atoms with E-state index in [4.69, 9.17) is 5.11 Å². The molecular formula is C14H18N2O2S. The van der Waals surface area contributed by atoms with Gasteiger partial charge in [-0.1, -0.05) is 6.92 Å². The zero-order valence-electron chi connectivity index (χ0n) is 10.9. The van der Waals surface area contributed by atoms with Gasteiger partial charge in [0.25, 0.3) is 0 Å². The molecule has 1 unspecified atom stereocenters. The lowest BCUT2D eigenvalue weighted by atomic mass is 10.2. The number of pyridine rings is 1. The Hall–Kier alpha value is -1.49. The minimum absolute atomic E-state index is 0.0914. The largest absolute Gasteiger partial charge is 0.476 e. The Labute approximate surface area is 116 Å². The number of aromatic amines is 1. The van der Waals surface area contributed by atoms with E-state index in [-0.39, 0.29) is 5.69 Å². The molecule has 1 fully saturated rings. The second-order valence-electron chi connectivity index (χ2n) is 4.45. The molecule has 2 aromatic rings. The van der Waals surface area contributed by atoms with Crippen molar-refractivity contribution in [2.75, 3.05) is 5.75 Å². The molecule has 1 aliphatic rings. The lowest BCUT2D eigenvalue weighted by Crippen LogP contribution is -1.99. The van der Waals surface area contributed by atoms with Crippen LogP contribution >= 0.6 is 11.8 Å². The van der Waals surface area contributed by atoms with Gasteiger partial charge >= 0.3 is 5.97 Å². The number of nitrogens with zero attached hydrogens (tertiary/aromatic N) is 1. The molecule has 5 heteroatoms. The van der Waals surface area contributed by atoms with Crippen molar-refractivity contribution in [3.8, 4) is 0 Å². The first-order valence-corrected chi connectivity index (χ1v) is 7.54. The molecule has 0 aliphatic carbocycles. The average molecular weight is 278 g/mol. The molecule has 2 aromatic heterocycles. The van der Waals surface area contributed by atoms with E-state index in [1.165, 1.54) is 31.2 Å². The molecule has 19 heavy (non-hydrogen) atoms. The number of carboxylic acid groups (broad SMARTS) is 1. The predicted molar refractivity (Wildman–Crippen MR) is 78.8 cm³/mol. The van der Waals surface area contributed by atoms with Gasteiger partial charge in [-0.3, -0.25) is 0 Å². The van der Waals surface area contributed by atoms with Gasteiger partial charge in [0.2, 0.25) is 0 Å².